The number of benzene rings is 1. The van der Waals surface area contributed by atoms with E-state index in [1.165, 1.54) is 16.7 Å². The van der Waals surface area contributed by atoms with Gasteiger partial charge < -0.3 is 5.32 Å². The first kappa shape index (κ1) is 14.8. The first-order valence-electron chi connectivity index (χ1n) is 7.51. The molecule has 1 aromatic heterocycles. The van der Waals surface area contributed by atoms with Gasteiger partial charge in [-0.2, -0.15) is 5.10 Å². The average Bonchev–Trinajstić information content (AvgIpc) is 2.92. The Morgan fingerprint density at radius 2 is 1.95 bits per heavy atom. The van der Waals surface area contributed by atoms with E-state index in [1.54, 1.807) is 0 Å². The molecule has 0 bridgehead atoms. The van der Waals surface area contributed by atoms with Gasteiger partial charge in [0.15, 0.2) is 0 Å². The lowest BCUT2D eigenvalue weighted by atomic mass is 9.92. The molecular formula is C17H25N3. The molecule has 2 aromatic rings. The number of rotatable bonds is 7. The molecule has 1 N–H and O–H groups in total. The molecule has 1 atom stereocenters. The largest absolute Gasteiger partial charge is 0.316 e. The topological polar surface area (TPSA) is 29.9 Å². The second-order valence-electron chi connectivity index (χ2n) is 5.32. The van der Waals surface area contributed by atoms with Gasteiger partial charge in [-0.1, -0.05) is 36.8 Å². The molecule has 2 rings (SSSR count). The molecule has 1 unspecified atom stereocenters. The molecule has 0 aliphatic rings. The van der Waals surface area contributed by atoms with E-state index >= 15 is 0 Å². The number of nitrogens with zero attached hydrogens (tertiary/aromatic N) is 2. The second-order valence-corrected chi connectivity index (χ2v) is 5.32. The molecule has 1 heterocycles. The highest BCUT2D eigenvalue weighted by Gasteiger charge is 2.13. The molecule has 0 spiro atoms. The fraction of sp³-hybridized carbons (Fsp3) is 0.471. The standard InChI is InChI=1S/C17H25N3/c1-4-18-12-17(16-8-6-14(3)7-9-16)10-15-11-19-20(5-2)13-15/h6-9,11,13,17-18H,4-5,10,12H2,1-3H3. The van der Waals surface area contributed by atoms with Gasteiger partial charge in [-0.15, -0.1) is 0 Å². The summed E-state index contributed by atoms with van der Waals surface area (Å²) in [6.45, 7) is 9.36. The molecule has 20 heavy (non-hydrogen) atoms. The van der Waals surface area contributed by atoms with Crippen LogP contribution in [0.4, 0.5) is 0 Å². The molecule has 0 aliphatic heterocycles. The lowest BCUT2D eigenvalue weighted by Gasteiger charge is -2.17. The third kappa shape index (κ3) is 3.94. The van der Waals surface area contributed by atoms with E-state index in [-0.39, 0.29) is 0 Å². The van der Waals surface area contributed by atoms with Crippen LogP contribution in [0.15, 0.2) is 36.7 Å². The van der Waals surface area contributed by atoms with Gasteiger partial charge in [0.25, 0.3) is 0 Å². The highest BCUT2D eigenvalue weighted by molar-refractivity contribution is 5.26. The number of likely N-dealkylation sites (N-methyl/N-ethyl adjacent to an activating group) is 1. The fourth-order valence-corrected chi connectivity index (χ4v) is 2.43. The van der Waals surface area contributed by atoms with Crippen LogP contribution in [0.1, 0.15) is 36.5 Å². The van der Waals surface area contributed by atoms with Crippen molar-refractivity contribution in [3.8, 4) is 0 Å². The fourth-order valence-electron chi connectivity index (χ4n) is 2.43. The molecule has 1 aromatic carbocycles. The summed E-state index contributed by atoms with van der Waals surface area (Å²) in [5, 5.41) is 7.85. The number of hydrogen-bond donors (Lipinski definition) is 1. The summed E-state index contributed by atoms with van der Waals surface area (Å²) < 4.78 is 1.99. The quantitative estimate of drug-likeness (QED) is 0.838. The summed E-state index contributed by atoms with van der Waals surface area (Å²) in [4.78, 5) is 0. The minimum atomic E-state index is 0.505. The highest BCUT2D eigenvalue weighted by Crippen LogP contribution is 2.21. The van der Waals surface area contributed by atoms with Crippen LogP contribution in [0.5, 0.6) is 0 Å². The van der Waals surface area contributed by atoms with Crippen molar-refractivity contribution in [2.24, 2.45) is 0 Å². The second kappa shape index (κ2) is 7.25. The normalized spacial score (nSPS) is 12.6. The summed E-state index contributed by atoms with van der Waals surface area (Å²) in [6, 6.07) is 8.90. The maximum atomic E-state index is 4.37. The van der Waals surface area contributed by atoms with Crippen molar-refractivity contribution < 1.29 is 0 Å². The average molecular weight is 271 g/mol. The Bertz CT molecular complexity index is 513. The van der Waals surface area contributed by atoms with E-state index in [1.807, 2.05) is 10.9 Å². The highest BCUT2D eigenvalue weighted by atomic mass is 15.3. The van der Waals surface area contributed by atoms with Gasteiger partial charge in [0.1, 0.15) is 0 Å². The molecule has 0 radical (unpaired) electrons. The van der Waals surface area contributed by atoms with Crippen LogP contribution < -0.4 is 5.32 Å². The molecule has 0 saturated heterocycles. The van der Waals surface area contributed by atoms with Gasteiger partial charge in [0.2, 0.25) is 0 Å². The smallest absolute Gasteiger partial charge is 0.0521 e. The number of nitrogens with one attached hydrogen (secondary N) is 1. The van der Waals surface area contributed by atoms with Crippen molar-refractivity contribution in [1.29, 1.82) is 0 Å². The summed E-state index contributed by atoms with van der Waals surface area (Å²) in [6.07, 6.45) is 5.19. The maximum Gasteiger partial charge on any atom is 0.0521 e. The minimum absolute atomic E-state index is 0.505. The Morgan fingerprint density at radius 3 is 2.55 bits per heavy atom. The third-order valence-electron chi connectivity index (χ3n) is 3.68. The number of aromatic nitrogens is 2. The minimum Gasteiger partial charge on any atom is -0.316 e. The number of hydrogen-bond acceptors (Lipinski definition) is 2. The van der Waals surface area contributed by atoms with Crippen LogP contribution in [0.25, 0.3) is 0 Å². The van der Waals surface area contributed by atoms with Crippen molar-refractivity contribution in [1.82, 2.24) is 15.1 Å². The van der Waals surface area contributed by atoms with E-state index in [0.29, 0.717) is 5.92 Å². The summed E-state index contributed by atoms with van der Waals surface area (Å²) in [5.74, 6) is 0.505. The Kier molecular flexibility index (Phi) is 5.36. The van der Waals surface area contributed by atoms with Crippen LogP contribution in [-0.4, -0.2) is 22.9 Å². The Labute approximate surface area is 122 Å². The van der Waals surface area contributed by atoms with Crippen molar-refractivity contribution in [3.05, 3.63) is 53.3 Å². The first-order chi connectivity index (χ1) is 9.72. The van der Waals surface area contributed by atoms with E-state index in [9.17, 15) is 0 Å². The zero-order valence-corrected chi connectivity index (χ0v) is 12.8. The van der Waals surface area contributed by atoms with Crippen molar-refractivity contribution in [2.75, 3.05) is 13.1 Å². The van der Waals surface area contributed by atoms with Crippen LogP contribution in [0.2, 0.25) is 0 Å². The van der Waals surface area contributed by atoms with Gasteiger partial charge in [-0.05, 0) is 37.9 Å². The summed E-state index contributed by atoms with van der Waals surface area (Å²) in [5.41, 5.74) is 4.03. The van der Waals surface area contributed by atoms with Crippen molar-refractivity contribution in [2.45, 2.75) is 39.7 Å². The molecule has 0 fully saturated rings. The first-order valence-corrected chi connectivity index (χ1v) is 7.51. The molecule has 0 amide bonds. The van der Waals surface area contributed by atoms with E-state index in [2.05, 4.69) is 61.6 Å². The van der Waals surface area contributed by atoms with Crippen LogP contribution in [0, 0.1) is 6.92 Å². The molecule has 3 heteroatoms. The van der Waals surface area contributed by atoms with E-state index in [0.717, 1.165) is 26.1 Å². The van der Waals surface area contributed by atoms with Gasteiger partial charge in [0.05, 0.1) is 6.20 Å². The van der Waals surface area contributed by atoms with Gasteiger partial charge in [-0.25, -0.2) is 0 Å². The lowest BCUT2D eigenvalue weighted by Crippen LogP contribution is -2.22. The predicted octanol–water partition coefficient (Wildman–Crippen LogP) is 3.15. The molecule has 0 saturated carbocycles. The van der Waals surface area contributed by atoms with E-state index < -0.39 is 0 Å². The Hall–Kier alpha value is -1.61. The predicted molar refractivity (Wildman–Crippen MR) is 84.1 cm³/mol. The molecular weight excluding hydrogens is 246 g/mol. The summed E-state index contributed by atoms with van der Waals surface area (Å²) in [7, 11) is 0. The van der Waals surface area contributed by atoms with Crippen LogP contribution in [-0.2, 0) is 13.0 Å². The van der Waals surface area contributed by atoms with E-state index in [4.69, 9.17) is 0 Å². The summed E-state index contributed by atoms with van der Waals surface area (Å²) >= 11 is 0. The monoisotopic (exact) mass is 271 g/mol. The van der Waals surface area contributed by atoms with Gasteiger partial charge >= 0.3 is 0 Å². The van der Waals surface area contributed by atoms with Gasteiger partial charge in [0, 0.05) is 25.2 Å². The van der Waals surface area contributed by atoms with Crippen LogP contribution in [0.3, 0.4) is 0 Å². The lowest BCUT2D eigenvalue weighted by molar-refractivity contribution is 0.594. The van der Waals surface area contributed by atoms with Crippen LogP contribution >= 0.6 is 0 Å². The Morgan fingerprint density at radius 1 is 1.20 bits per heavy atom. The third-order valence-corrected chi connectivity index (χ3v) is 3.68. The zero-order chi connectivity index (χ0) is 14.4. The maximum absolute atomic E-state index is 4.37. The van der Waals surface area contributed by atoms with Gasteiger partial charge in [-0.3, -0.25) is 4.68 Å². The van der Waals surface area contributed by atoms with Crippen molar-refractivity contribution in [3.63, 3.8) is 0 Å². The number of aryl methyl sites for hydroxylation is 2. The molecule has 3 nitrogen and oxygen atoms in total. The SMILES string of the molecule is CCNCC(Cc1cnn(CC)c1)c1ccc(C)cc1. The zero-order valence-electron chi connectivity index (χ0n) is 12.8. The molecule has 108 valence electrons. The Balaban J connectivity index is 2.12. The van der Waals surface area contributed by atoms with Crippen molar-refractivity contribution >= 4 is 0 Å². The molecule has 0 aliphatic carbocycles.